The van der Waals surface area contributed by atoms with E-state index in [0.717, 1.165) is 47.3 Å². The zero-order chi connectivity index (χ0) is 39.6. The molecule has 2 aliphatic rings. The molecule has 0 aliphatic carbocycles. The maximum atomic E-state index is 13.1. The van der Waals surface area contributed by atoms with Gasteiger partial charge in [-0.3, -0.25) is 23.7 Å². The molecule has 2 fully saturated rings. The van der Waals surface area contributed by atoms with Gasteiger partial charge in [0.2, 0.25) is 0 Å². The highest BCUT2D eigenvalue weighted by atomic mass is 79.9. The number of nitrogens with zero attached hydrogens (tertiary/aromatic N) is 7. The van der Waals surface area contributed by atoms with Gasteiger partial charge in [-0.2, -0.15) is 0 Å². The van der Waals surface area contributed by atoms with Gasteiger partial charge in [0, 0.05) is 52.9 Å². The zero-order valence-corrected chi connectivity index (χ0v) is 35.0. The number of pyridine rings is 2. The number of rotatable bonds is 2. The van der Waals surface area contributed by atoms with E-state index in [2.05, 4.69) is 46.8 Å². The first-order chi connectivity index (χ1) is 25.9. The van der Waals surface area contributed by atoms with Crippen molar-refractivity contribution in [2.45, 2.75) is 85.1 Å². The molecule has 2 atom stereocenters. The molecule has 0 bridgehead atoms. The van der Waals surface area contributed by atoms with Crippen molar-refractivity contribution in [3.8, 4) is 0 Å². The molecule has 2 aliphatic heterocycles. The van der Waals surface area contributed by atoms with Crippen molar-refractivity contribution >= 4 is 87.9 Å². The zero-order valence-electron chi connectivity index (χ0n) is 31.9. The van der Waals surface area contributed by atoms with Crippen LogP contribution in [0.2, 0.25) is 0 Å². The first-order valence-corrected chi connectivity index (χ1v) is 19.8. The molecule has 2 amide bonds. The molecule has 6 heterocycles. The summed E-state index contributed by atoms with van der Waals surface area (Å²) in [6.45, 7) is 13.1. The van der Waals surface area contributed by atoms with Gasteiger partial charge in [0.25, 0.3) is 0 Å². The van der Waals surface area contributed by atoms with E-state index in [-0.39, 0.29) is 43.1 Å². The Balaban J connectivity index is 0.000000187. The van der Waals surface area contributed by atoms with Crippen LogP contribution in [0, 0.1) is 0 Å². The summed E-state index contributed by atoms with van der Waals surface area (Å²) in [6, 6.07) is 11.5. The smallest absolute Gasteiger partial charge is 0.410 e. The number of ether oxygens (including phenoxy) is 2. The van der Waals surface area contributed by atoms with E-state index in [1.54, 1.807) is 38.4 Å². The van der Waals surface area contributed by atoms with Crippen LogP contribution in [0.4, 0.5) is 9.59 Å². The summed E-state index contributed by atoms with van der Waals surface area (Å²) >= 11 is 7.01. The van der Waals surface area contributed by atoms with Crippen molar-refractivity contribution in [3.63, 3.8) is 0 Å². The third-order valence-electron chi connectivity index (χ3n) is 9.74. The molecule has 298 valence electrons. The first-order valence-electron chi connectivity index (χ1n) is 18.2. The summed E-state index contributed by atoms with van der Waals surface area (Å²) in [7, 11) is 1.76. The molecule has 56 heavy (non-hydrogen) atoms. The number of carbonyl (C=O) groups excluding carboxylic acids is 2. The van der Waals surface area contributed by atoms with Crippen LogP contribution in [-0.4, -0.2) is 88.0 Å². The first kappa shape index (κ1) is 40.9. The lowest BCUT2D eigenvalue weighted by Gasteiger charge is -2.24. The number of hydrogen-bond acceptors (Lipinski definition) is 8. The minimum atomic E-state index is -0.542. The highest BCUT2D eigenvalue weighted by molar-refractivity contribution is 9.10. The van der Waals surface area contributed by atoms with Crippen molar-refractivity contribution in [1.29, 1.82) is 0 Å². The number of halogens is 2. The number of aromatic amines is 1. The third-order valence-corrected chi connectivity index (χ3v) is 10.7. The Bertz CT molecular complexity index is 2600. The van der Waals surface area contributed by atoms with Crippen LogP contribution in [-0.2, 0) is 16.5 Å². The number of hydrogen-bond donors (Lipinski definition) is 1. The summed E-state index contributed by atoms with van der Waals surface area (Å²) in [6.07, 6.45) is 4.15. The van der Waals surface area contributed by atoms with Gasteiger partial charge in [0.05, 0.1) is 57.6 Å². The molecular formula is C40H48Br2N8O6. The molecule has 8 rings (SSSR count). The number of carbonyl (C=O) groups is 2. The van der Waals surface area contributed by atoms with Gasteiger partial charge in [-0.15, -0.1) is 0 Å². The van der Waals surface area contributed by atoms with Crippen LogP contribution in [0.15, 0.2) is 67.3 Å². The predicted octanol–water partition coefficient (Wildman–Crippen LogP) is 8.29. The van der Waals surface area contributed by atoms with E-state index in [0.29, 0.717) is 44.5 Å². The van der Waals surface area contributed by atoms with Crippen molar-refractivity contribution in [2.75, 3.05) is 26.2 Å². The monoisotopic (exact) mass is 894 g/mol. The van der Waals surface area contributed by atoms with Crippen LogP contribution in [0.25, 0.3) is 43.9 Å². The number of aromatic nitrogens is 6. The SMILES string of the molecule is C.CC(C)(C)OC(=O)N1CC[C@H](n2c(=O)[nH]c3cnc4ccc(Br)cc4c32)C1.Cn1c(=O)n([C@H]2CCN(C(=O)OC(C)(C)C)C2)c2c3cc(Br)ccc3ncc21. The van der Waals surface area contributed by atoms with Gasteiger partial charge in [-0.1, -0.05) is 39.3 Å². The largest absolute Gasteiger partial charge is 0.444 e. The Labute approximate surface area is 341 Å². The van der Waals surface area contributed by atoms with E-state index in [4.69, 9.17) is 9.47 Å². The van der Waals surface area contributed by atoms with Crippen LogP contribution in [0.1, 0.15) is 73.9 Å². The third kappa shape index (κ3) is 8.08. The summed E-state index contributed by atoms with van der Waals surface area (Å²) in [5.41, 5.74) is 3.44. The van der Waals surface area contributed by atoms with Crippen LogP contribution < -0.4 is 11.4 Å². The summed E-state index contributed by atoms with van der Waals surface area (Å²) < 4.78 is 18.0. The topological polar surface area (TPSA) is 150 Å². The molecule has 2 saturated heterocycles. The molecule has 2 aromatic carbocycles. The van der Waals surface area contributed by atoms with Gasteiger partial charge in [-0.25, -0.2) is 19.2 Å². The summed E-state index contributed by atoms with van der Waals surface area (Å²) in [4.78, 5) is 65.7. The maximum Gasteiger partial charge on any atom is 0.410 e. The van der Waals surface area contributed by atoms with Crippen molar-refractivity contribution in [3.05, 3.63) is 78.7 Å². The number of likely N-dealkylation sites (tertiary alicyclic amines) is 2. The van der Waals surface area contributed by atoms with E-state index in [1.807, 2.05) is 82.5 Å². The van der Waals surface area contributed by atoms with Crippen molar-refractivity contribution < 1.29 is 19.1 Å². The normalized spacial score (nSPS) is 17.4. The molecule has 4 aromatic heterocycles. The lowest BCUT2D eigenvalue weighted by molar-refractivity contribution is 0.0278. The van der Waals surface area contributed by atoms with Crippen LogP contribution in [0.3, 0.4) is 0 Å². The van der Waals surface area contributed by atoms with Gasteiger partial charge in [0.1, 0.15) is 11.2 Å². The Kier molecular flexibility index (Phi) is 11.2. The van der Waals surface area contributed by atoms with Crippen LogP contribution >= 0.6 is 31.9 Å². The number of amides is 2. The fraction of sp³-hybridized carbons (Fsp3) is 0.450. The highest BCUT2D eigenvalue weighted by Gasteiger charge is 2.34. The summed E-state index contributed by atoms with van der Waals surface area (Å²) in [5, 5.41) is 1.82. The highest BCUT2D eigenvalue weighted by Crippen LogP contribution is 2.32. The second-order valence-corrected chi connectivity index (χ2v) is 17.9. The lowest BCUT2D eigenvalue weighted by atomic mass is 10.1. The van der Waals surface area contributed by atoms with Gasteiger partial charge >= 0.3 is 23.6 Å². The second kappa shape index (κ2) is 15.3. The van der Waals surface area contributed by atoms with Crippen molar-refractivity contribution in [1.82, 2.24) is 38.5 Å². The Morgan fingerprint density at radius 1 is 0.750 bits per heavy atom. The van der Waals surface area contributed by atoms with Crippen molar-refractivity contribution in [2.24, 2.45) is 7.05 Å². The van der Waals surface area contributed by atoms with E-state index >= 15 is 0 Å². The van der Waals surface area contributed by atoms with Crippen LogP contribution in [0.5, 0.6) is 0 Å². The number of aryl methyl sites for hydroxylation is 1. The molecule has 0 spiro atoms. The van der Waals surface area contributed by atoms with E-state index in [1.165, 1.54) is 0 Å². The average Bonchev–Trinajstić information content (AvgIpc) is 3.89. The molecular weight excluding hydrogens is 848 g/mol. The molecule has 0 saturated carbocycles. The molecule has 1 N–H and O–H groups in total. The Hall–Kier alpha value is -4.70. The molecule has 6 aromatic rings. The molecule has 0 radical (unpaired) electrons. The number of nitrogens with one attached hydrogen (secondary N) is 1. The number of imidazole rings is 2. The predicted molar refractivity (Wildman–Crippen MR) is 225 cm³/mol. The standard InChI is InChI=1S/C20H23BrN4O3.C19H21BrN4O3.CH4/c1-20(2,3)28-19(27)24-8-7-13(11-24)25-17-14-9-12(21)5-6-15(14)22-10-16(17)23(4)18(25)26;1-19(2,3)27-18(26)23-7-6-12(10-23)24-16-13-8-11(20)4-5-14(13)21-9-15(16)22-17(24)25;/h5-6,9-10,13H,7-8,11H2,1-4H3;4-5,8-9,12H,6-7,10H2,1-3H3,(H,22,25);1H4/t13-;12-;/m00./s1. The average molecular weight is 897 g/mol. The van der Waals surface area contributed by atoms with Gasteiger partial charge in [0.15, 0.2) is 0 Å². The quantitative estimate of drug-likeness (QED) is 0.183. The van der Waals surface area contributed by atoms with E-state index < -0.39 is 11.2 Å². The number of fused-ring (bicyclic) bond motifs is 6. The molecule has 14 nitrogen and oxygen atoms in total. The minimum absolute atomic E-state index is 0. The van der Waals surface area contributed by atoms with Gasteiger partial charge < -0.3 is 24.3 Å². The summed E-state index contributed by atoms with van der Waals surface area (Å²) in [5.74, 6) is 0. The number of benzene rings is 2. The molecule has 16 heteroatoms. The van der Waals surface area contributed by atoms with E-state index in [9.17, 15) is 19.2 Å². The maximum absolute atomic E-state index is 13.1. The Morgan fingerprint density at radius 2 is 1.23 bits per heavy atom. The fourth-order valence-corrected chi connectivity index (χ4v) is 8.08. The molecule has 0 unspecified atom stereocenters. The van der Waals surface area contributed by atoms with Gasteiger partial charge in [-0.05, 0) is 90.8 Å². The second-order valence-electron chi connectivity index (χ2n) is 16.1. The number of H-pyrrole nitrogens is 1. The lowest BCUT2D eigenvalue weighted by Crippen LogP contribution is -2.36. The Morgan fingerprint density at radius 3 is 1.75 bits per heavy atom. The fourth-order valence-electron chi connectivity index (χ4n) is 7.35. The minimum Gasteiger partial charge on any atom is -0.444 e.